The van der Waals surface area contributed by atoms with Crippen LogP contribution in [0.25, 0.3) is 17.2 Å². The zero-order valence-electron chi connectivity index (χ0n) is 13.1. The number of hydrogen-bond donors (Lipinski definition) is 3. The van der Waals surface area contributed by atoms with Crippen molar-refractivity contribution in [1.29, 1.82) is 0 Å². The molecular formula is C12H10BrFN6O6S. The highest BCUT2D eigenvalue weighted by atomic mass is 79.9. The first-order valence-corrected chi connectivity index (χ1v) is 9.07. The Morgan fingerprint density at radius 3 is 2.85 bits per heavy atom. The molecule has 0 fully saturated rings. The Kier molecular flexibility index (Phi) is 5.94. The summed E-state index contributed by atoms with van der Waals surface area (Å²) in [4.78, 5) is 17.1. The summed E-state index contributed by atoms with van der Waals surface area (Å²) in [5.74, 6) is -1.48. The summed E-state index contributed by atoms with van der Waals surface area (Å²) < 4.78 is 46.8. The van der Waals surface area contributed by atoms with E-state index in [4.69, 9.17) is 4.84 Å². The molecular weight excluding hydrogens is 455 g/mol. The first-order valence-electron chi connectivity index (χ1n) is 7.10. The quantitative estimate of drug-likeness (QED) is 0.239. The first kappa shape index (κ1) is 19.2. The van der Waals surface area contributed by atoms with Crippen molar-refractivity contribution < 1.29 is 26.8 Å². The number of hydrogen-bond acceptors (Lipinski definition) is 10. The van der Waals surface area contributed by atoms with Crippen molar-refractivity contribution in [3.63, 3.8) is 0 Å². The van der Waals surface area contributed by atoms with Gasteiger partial charge in [-0.25, -0.2) is 37.0 Å². The third kappa shape index (κ3) is 4.38. The van der Waals surface area contributed by atoms with E-state index in [9.17, 15) is 17.6 Å². The molecule has 0 aliphatic rings. The average Bonchev–Trinajstić information content (AvgIpc) is 3.23. The Morgan fingerprint density at radius 2 is 2.11 bits per heavy atom. The molecule has 144 valence electrons. The van der Waals surface area contributed by atoms with E-state index in [0.717, 1.165) is 10.6 Å². The monoisotopic (exact) mass is 464 g/mol. The number of rotatable bonds is 8. The summed E-state index contributed by atoms with van der Waals surface area (Å²) in [7, 11) is -2.73. The molecule has 27 heavy (non-hydrogen) atoms. The minimum atomic E-state index is -2.73. The lowest BCUT2D eigenvalue weighted by Gasteiger charge is -2.06. The number of nitrogens with zero attached hydrogens (tertiary/aromatic N) is 4. The number of halogens is 2. The second-order valence-corrected chi connectivity index (χ2v) is 6.47. The van der Waals surface area contributed by atoms with Crippen molar-refractivity contribution >= 4 is 32.6 Å². The molecule has 1 aromatic carbocycles. The highest BCUT2D eigenvalue weighted by Crippen LogP contribution is 2.26. The molecule has 12 nitrogen and oxygen atoms in total. The van der Waals surface area contributed by atoms with Crippen LogP contribution in [0.5, 0.6) is 0 Å². The normalized spacial score (nSPS) is 11.2. The van der Waals surface area contributed by atoms with Crippen LogP contribution in [0.15, 0.2) is 36.6 Å². The molecule has 0 atom stereocenters. The van der Waals surface area contributed by atoms with Crippen LogP contribution in [-0.2, 0) is 15.7 Å². The van der Waals surface area contributed by atoms with Gasteiger partial charge >= 0.3 is 5.76 Å². The molecule has 2 N–H and O–H groups in total. The van der Waals surface area contributed by atoms with E-state index in [-0.39, 0.29) is 40.6 Å². The SMILES string of the molecule is O=c1onc(-c2nonc2NOCCN[SH](=O)=O)n1-c1ccc(F)c(Br)c1. The fourth-order valence-electron chi connectivity index (χ4n) is 1.96. The van der Waals surface area contributed by atoms with E-state index >= 15 is 0 Å². The molecule has 2 aromatic heterocycles. The average molecular weight is 465 g/mol. The smallest absolute Gasteiger partial charge is 0.295 e. The van der Waals surface area contributed by atoms with Crippen molar-refractivity contribution in [2.75, 3.05) is 18.6 Å². The van der Waals surface area contributed by atoms with Gasteiger partial charge in [0, 0.05) is 6.54 Å². The minimum absolute atomic E-state index is 0.0184. The maximum absolute atomic E-state index is 13.5. The Bertz CT molecular complexity index is 1070. The van der Waals surface area contributed by atoms with Crippen molar-refractivity contribution in [2.24, 2.45) is 0 Å². The predicted molar refractivity (Wildman–Crippen MR) is 90.9 cm³/mol. The lowest BCUT2D eigenvalue weighted by molar-refractivity contribution is 0.195. The summed E-state index contributed by atoms with van der Waals surface area (Å²) in [6.45, 7) is -0.0171. The van der Waals surface area contributed by atoms with Gasteiger partial charge in [-0.1, -0.05) is 5.16 Å². The van der Waals surface area contributed by atoms with Gasteiger partial charge in [0.2, 0.25) is 28.2 Å². The van der Waals surface area contributed by atoms with E-state index < -0.39 is 22.5 Å². The van der Waals surface area contributed by atoms with Crippen molar-refractivity contribution in [3.8, 4) is 17.2 Å². The fraction of sp³-hybridized carbons (Fsp3) is 0.167. The van der Waals surface area contributed by atoms with Crippen LogP contribution in [0.3, 0.4) is 0 Å². The number of aromatic nitrogens is 4. The molecule has 15 heteroatoms. The van der Waals surface area contributed by atoms with Gasteiger partial charge in [-0.3, -0.25) is 9.36 Å². The lowest BCUT2D eigenvalue weighted by atomic mass is 10.3. The van der Waals surface area contributed by atoms with Gasteiger partial charge in [-0.15, -0.1) is 0 Å². The van der Waals surface area contributed by atoms with Gasteiger partial charge in [-0.2, -0.15) is 0 Å². The summed E-state index contributed by atoms with van der Waals surface area (Å²) in [6, 6.07) is 3.85. The molecule has 0 radical (unpaired) electrons. The van der Waals surface area contributed by atoms with Crippen LogP contribution < -0.4 is 16.0 Å². The molecule has 0 amide bonds. The molecule has 0 saturated heterocycles. The second-order valence-electron chi connectivity index (χ2n) is 4.78. The highest BCUT2D eigenvalue weighted by molar-refractivity contribution is 9.10. The third-order valence-corrected chi connectivity index (χ3v) is 4.17. The first-order chi connectivity index (χ1) is 13.0. The molecule has 0 aliphatic carbocycles. The maximum atomic E-state index is 13.5. The van der Waals surface area contributed by atoms with E-state index in [0.29, 0.717) is 0 Å². The summed E-state index contributed by atoms with van der Waals surface area (Å²) in [5.41, 5.74) is 2.63. The van der Waals surface area contributed by atoms with Gasteiger partial charge in [0.15, 0.2) is 0 Å². The van der Waals surface area contributed by atoms with E-state index in [1.54, 1.807) is 0 Å². The van der Waals surface area contributed by atoms with Crippen molar-refractivity contribution in [1.82, 2.24) is 24.8 Å². The van der Waals surface area contributed by atoms with Gasteiger partial charge in [-0.05, 0) is 44.4 Å². The Balaban J connectivity index is 1.85. The Labute approximate surface area is 159 Å². The van der Waals surface area contributed by atoms with Crippen LogP contribution in [-0.4, -0.2) is 41.6 Å². The third-order valence-electron chi connectivity index (χ3n) is 3.08. The van der Waals surface area contributed by atoms with Gasteiger partial charge in [0.05, 0.1) is 16.8 Å². The maximum Gasteiger partial charge on any atom is 0.446 e. The van der Waals surface area contributed by atoms with Crippen LogP contribution in [0, 0.1) is 5.82 Å². The summed E-state index contributed by atoms with van der Waals surface area (Å²) in [6.07, 6.45) is 0. The van der Waals surface area contributed by atoms with E-state index in [2.05, 4.69) is 50.8 Å². The van der Waals surface area contributed by atoms with Crippen LogP contribution in [0.1, 0.15) is 0 Å². The van der Waals surface area contributed by atoms with Crippen molar-refractivity contribution in [2.45, 2.75) is 0 Å². The fourth-order valence-corrected chi connectivity index (χ4v) is 2.60. The molecule has 0 unspecified atom stereocenters. The van der Waals surface area contributed by atoms with Crippen molar-refractivity contribution in [3.05, 3.63) is 39.0 Å². The lowest BCUT2D eigenvalue weighted by Crippen LogP contribution is -2.19. The molecule has 2 heterocycles. The van der Waals surface area contributed by atoms with Gasteiger partial charge in [0.1, 0.15) is 5.82 Å². The van der Waals surface area contributed by atoms with Crippen LogP contribution >= 0.6 is 15.9 Å². The van der Waals surface area contributed by atoms with E-state index in [1.165, 1.54) is 12.1 Å². The molecule has 3 aromatic rings. The number of thiol groups is 1. The van der Waals surface area contributed by atoms with Gasteiger partial charge in [0.25, 0.3) is 0 Å². The molecule has 0 saturated carbocycles. The number of benzene rings is 1. The second kappa shape index (κ2) is 8.38. The minimum Gasteiger partial charge on any atom is -0.295 e. The molecule has 3 rings (SSSR count). The largest absolute Gasteiger partial charge is 0.446 e. The molecule has 0 aliphatic heterocycles. The van der Waals surface area contributed by atoms with E-state index in [1.807, 2.05) is 0 Å². The molecule has 0 bridgehead atoms. The van der Waals surface area contributed by atoms with Gasteiger partial charge < -0.3 is 0 Å². The molecule has 0 spiro atoms. The number of nitrogens with one attached hydrogen (secondary N) is 2. The Morgan fingerprint density at radius 1 is 1.30 bits per heavy atom. The summed E-state index contributed by atoms with van der Waals surface area (Å²) in [5, 5.41) is 10.8. The highest BCUT2D eigenvalue weighted by Gasteiger charge is 2.23. The zero-order valence-corrected chi connectivity index (χ0v) is 15.6. The standard InChI is InChI=1S/C12H10BrFN6O6S/c13-7-5-6(1-2-8(7)14)20-11(19-25-12(20)21)9-10(18-26-16-9)17-24-4-3-15-27(22)23/h1-2,5,27H,3-4H2,(H,17,18)(H,15,22,23). The van der Waals surface area contributed by atoms with Crippen LogP contribution in [0.4, 0.5) is 10.2 Å². The Hall–Kier alpha value is -2.62. The summed E-state index contributed by atoms with van der Waals surface area (Å²) >= 11 is 3.03. The number of anilines is 1. The topological polar surface area (TPSA) is 154 Å². The zero-order chi connectivity index (χ0) is 19.4. The predicted octanol–water partition coefficient (Wildman–Crippen LogP) is 0.237. The van der Waals surface area contributed by atoms with Crippen LogP contribution in [0.2, 0.25) is 0 Å².